The number of aliphatic hydroxyl groups excluding tert-OH is 1. The van der Waals surface area contributed by atoms with Crippen LogP contribution in [0.4, 0.5) is 0 Å². The molecule has 2 aromatic carbocycles. The highest BCUT2D eigenvalue weighted by molar-refractivity contribution is 5.83. The summed E-state index contributed by atoms with van der Waals surface area (Å²) in [5.74, 6) is -0.507. The molecule has 2 heterocycles. The van der Waals surface area contributed by atoms with Crippen LogP contribution in [-0.2, 0) is 11.2 Å². The maximum atomic E-state index is 12.2. The number of carboxylic acid groups (broad SMARTS) is 1. The summed E-state index contributed by atoms with van der Waals surface area (Å²) >= 11 is 0. The number of carbonyl (C=O) groups is 1. The van der Waals surface area contributed by atoms with E-state index in [2.05, 4.69) is 28.6 Å². The molecule has 2 N–H and O–H groups in total. The normalized spacial score (nSPS) is 20.3. The van der Waals surface area contributed by atoms with Crippen LogP contribution in [0.5, 0.6) is 5.75 Å². The zero-order valence-electron chi connectivity index (χ0n) is 20.2. The lowest BCUT2D eigenvalue weighted by Crippen LogP contribution is -2.48. The first kappa shape index (κ1) is 24.9. The van der Waals surface area contributed by atoms with Crippen LogP contribution in [0.25, 0.3) is 10.9 Å². The van der Waals surface area contributed by atoms with Gasteiger partial charge in [0.05, 0.1) is 24.6 Å². The number of ether oxygens (including phenoxy) is 1. The number of carboxylic acids is 1. The number of aliphatic hydroxyl groups is 1. The fourth-order valence-electron chi connectivity index (χ4n) is 5.26. The number of benzene rings is 2. The van der Waals surface area contributed by atoms with Crippen molar-refractivity contribution in [2.45, 2.75) is 37.8 Å². The summed E-state index contributed by atoms with van der Waals surface area (Å²) in [4.78, 5) is 18.8. The summed E-state index contributed by atoms with van der Waals surface area (Å²) in [6.07, 6.45) is 5.69. The second-order valence-electron chi connectivity index (χ2n) is 9.36. The van der Waals surface area contributed by atoms with Crippen molar-refractivity contribution in [2.75, 3.05) is 20.2 Å². The molecule has 6 nitrogen and oxygen atoms in total. The van der Waals surface area contributed by atoms with Crippen molar-refractivity contribution in [3.63, 3.8) is 0 Å². The molecule has 1 aliphatic heterocycles. The number of rotatable bonds is 10. The minimum atomic E-state index is -0.768. The van der Waals surface area contributed by atoms with Crippen LogP contribution >= 0.6 is 0 Å². The third kappa shape index (κ3) is 5.89. The molecule has 1 aromatic heterocycles. The molecular formula is C29H34N2O4. The van der Waals surface area contributed by atoms with Crippen molar-refractivity contribution in [1.29, 1.82) is 0 Å². The van der Waals surface area contributed by atoms with Crippen LogP contribution in [0.2, 0.25) is 0 Å². The zero-order valence-corrected chi connectivity index (χ0v) is 20.2. The second kappa shape index (κ2) is 11.5. The highest BCUT2D eigenvalue weighted by Gasteiger charge is 2.36. The first-order valence-corrected chi connectivity index (χ1v) is 12.2. The van der Waals surface area contributed by atoms with Gasteiger partial charge in [0.1, 0.15) is 5.75 Å². The number of aliphatic carboxylic acids is 1. The maximum Gasteiger partial charge on any atom is 0.308 e. The van der Waals surface area contributed by atoms with Gasteiger partial charge in [0.25, 0.3) is 0 Å². The molecule has 1 aliphatic rings. The third-order valence-corrected chi connectivity index (χ3v) is 7.29. The molecule has 0 spiro atoms. The van der Waals surface area contributed by atoms with Gasteiger partial charge >= 0.3 is 5.97 Å². The minimum Gasteiger partial charge on any atom is -0.497 e. The van der Waals surface area contributed by atoms with Crippen LogP contribution in [0.15, 0.2) is 73.4 Å². The topological polar surface area (TPSA) is 82.9 Å². The summed E-state index contributed by atoms with van der Waals surface area (Å²) in [5.41, 5.74) is 2.82. The molecule has 1 fully saturated rings. The van der Waals surface area contributed by atoms with Gasteiger partial charge in [-0.1, -0.05) is 36.4 Å². The van der Waals surface area contributed by atoms with Crippen LogP contribution in [0.3, 0.4) is 0 Å². The van der Waals surface area contributed by atoms with Gasteiger partial charge in [-0.15, -0.1) is 6.58 Å². The first-order valence-electron chi connectivity index (χ1n) is 12.2. The SMILES string of the molecule is C=CC(Cc1ccccc1)N1CC[C@@H](CCC(O)c2ccnc3ccc(OC)cc23)[C@@H](C(=O)O)C1. The van der Waals surface area contributed by atoms with Gasteiger partial charge in [-0.2, -0.15) is 0 Å². The van der Waals surface area contributed by atoms with Crippen LogP contribution < -0.4 is 4.74 Å². The predicted octanol–water partition coefficient (Wildman–Crippen LogP) is 4.88. The van der Waals surface area contributed by atoms with Gasteiger partial charge in [0, 0.05) is 24.2 Å². The van der Waals surface area contributed by atoms with E-state index in [1.54, 1.807) is 13.3 Å². The van der Waals surface area contributed by atoms with Crippen molar-refractivity contribution >= 4 is 16.9 Å². The van der Waals surface area contributed by atoms with Gasteiger partial charge in [0.2, 0.25) is 0 Å². The Hall–Kier alpha value is -3.22. The fourth-order valence-corrected chi connectivity index (χ4v) is 5.26. The van der Waals surface area contributed by atoms with E-state index >= 15 is 0 Å². The Balaban J connectivity index is 1.42. The lowest BCUT2D eigenvalue weighted by molar-refractivity contribution is -0.146. The van der Waals surface area contributed by atoms with Crippen molar-refractivity contribution < 1.29 is 19.7 Å². The summed E-state index contributed by atoms with van der Waals surface area (Å²) in [7, 11) is 1.61. The molecule has 0 amide bonds. The molecular weight excluding hydrogens is 440 g/mol. The summed E-state index contributed by atoms with van der Waals surface area (Å²) in [6, 6.07) is 17.8. The van der Waals surface area contributed by atoms with E-state index in [4.69, 9.17) is 4.74 Å². The van der Waals surface area contributed by atoms with Gasteiger partial charge in [-0.3, -0.25) is 14.7 Å². The van der Waals surface area contributed by atoms with E-state index in [9.17, 15) is 15.0 Å². The van der Waals surface area contributed by atoms with Gasteiger partial charge < -0.3 is 14.9 Å². The minimum absolute atomic E-state index is 0.0169. The second-order valence-corrected chi connectivity index (χ2v) is 9.36. The summed E-state index contributed by atoms with van der Waals surface area (Å²) in [6.45, 7) is 5.33. The number of piperidine rings is 1. The van der Waals surface area contributed by atoms with Crippen molar-refractivity contribution in [3.05, 3.63) is 84.6 Å². The quantitative estimate of drug-likeness (QED) is 0.408. The van der Waals surface area contributed by atoms with Crippen molar-refractivity contribution in [1.82, 2.24) is 9.88 Å². The highest BCUT2D eigenvalue weighted by Crippen LogP contribution is 2.34. The smallest absolute Gasteiger partial charge is 0.308 e. The molecule has 4 rings (SSSR count). The summed E-state index contributed by atoms with van der Waals surface area (Å²) in [5, 5.41) is 21.9. The number of pyridine rings is 1. The first-order chi connectivity index (χ1) is 17.0. The van der Waals surface area contributed by atoms with E-state index in [1.165, 1.54) is 5.56 Å². The Labute approximate surface area is 206 Å². The molecule has 35 heavy (non-hydrogen) atoms. The van der Waals surface area contributed by atoms with Crippen LogP contribution in [0.1, 0.15) is 36.5 Å². The monoisotopic (exact) mass is 474 g/mol. The van der Waals surface area contributed by atoms with Crippen molar-refractivity contribution in [2.24, 2.45) is 11.8 Å². The van der Waals surface area contributed by atoms with Gasteiger partial charge in [-0.05, 0) is 73.5 Å². The Morgan fingerprint density at radius 3 is 2.77 bits per heavy atom. The Morgan fingerprint density at radius 1 is 1.26 bits per heavy atom. The maximum absolute atomic E-state index is 12.2. The molecule has 0 saturated carbocycles. The molecule has 6 heteroatoms. The molecule has 0 aliphatic carbocycles. The van der Waals surface area contributed by atoms with Crippen LogP contribution in [0, 0.1) is 11.8 Å². The number of hydrogen-bond donors (Lipinski definition) is 2. The Bertz CT molecular complexity index is 1150. The fraction of sp³-hybridized carbons (Fsp3) is 0.379. The predicted molar refractivity (Wildman–Crippen MR) is 137 cm³/mol. The molecule has 2 unspecified atom stereocenters. The van der Waals surface area contributed by atoms with E-state index in [0.717, 1.165) is 35.9 Å². The lowest BCUT2D eigenvalue weighted by atomic mass is 9.80. The Morgan fingerprint density at radius 2 is 2.06 bits per heavy atom. The number of likely N-dealkylation sites (tertiary alicyclic amines) is 1. The largest absolute Gasteiger partial charge is 0.497 e. The van der Waals surface area contributed by atoms with Crippen LogP contribution in [-0.4, -0.2) is 52.3 Å². The van der Waals surface area contributed by atoms with E-state index < -0.39 is 18.0 Å². The number of methoxy groups -OCH3 is 1. The van der Waals surface area contributed by atoms with E-state index in [1.807, 2.05) is 48.5 Å². The molecule has 1 saturated heterocycles. The molecule has 0 radical (unpaired) electrons. The molecule has 4 atom stereocenters. The average molecular weight is 475 g/mol. The highest BCUT2D eigenvalue weighted by atomic mass is 16.5. The van der Waals surface area contributed by atoms with Crippen molar-refractivity contribution in [3.8, 4) is 5.75 Å². The molecule has 184 valence electrons. The van der Waals surface area contributed by atoms with E-state index in [-0.39, 0.29) is 12.0 Å². The molecule has 0 bridgehead atoms. The third-order valence-electron chi connectivity index (χ3n) is 7.29. The zero-order chi connectivity index (χ0) is 24.8. The Kier molecular flexibility index (Phi) is 8.16. The number of aromatic nitrogens is 1. The standard InChI is InChI=1S/C29H34N2O4/c1-3-22(17-20-7-5-4-6-8-20)31-16-14-21(26(19-31)29(33)34)9-12-28(32)24-13-15-30-27-11-10-23(35-2)18-25(24)27/h3-8,10-11,13,15,18,21-22,26,28,32H,1,9,12,14,16-17,19H2,2H3,(H,33,34)/t21-,22?,26+,28?/m1/s1. The number of fused-ring (bicyclic) bond motifs is 1. The average Bonchev–Trinajstić information content (AvgIpc) is 2.90. The molecule has 3 aromatic rings. The number of nitrogens with zero attached hydrogens (tertiary/aromatic N) is 2. The summed E-state index contributed by atoms with van der Waals surface area (Å²) < 4.78 is 5.34. The lowest BCUT2D eigenvalue weighted by Gasteiger charge is -2.40. The number of hydrogen-bond acceptors (Lipinski definition) is 5. The van der Waals surface area contributed by atoms with Gasteiger partial charge in [0.15, 0.2) is 0 Å². The van der Waals surface area contributed by atoms with E-state index in [0.29, 0.717) is 25.1 Å². The van der Waals surface area contributed by atoms with Gasteiger partial charge in [-0.25, -0.2) is 0 Å².